The predicted molar refractivity (Wildman–Crippen MR) is 73.1 cm³/mol. The predicted octanol–water partition coefficient (Wildman–Crippen LogP) is 3.03. The first-order chi connectivity index (χ1) is 7.79. The summed E-state index contributed by atoms with van der Waals surface area (Å²) in [6.07, 6.45) is 2.59. The molecule has 0 saturated carbocycles. The Morgan fingerprint density at radius 3 is 3.12 bits per heavy atom. The highest BCUT2D eigenvalue weighted by Gasteiger charge is 2.18. The fourth-order valence-corrected chi connectivity index (χ4v) is 2.73. The third-order valence-electron chi connectivity index (χ3n) is 3.09. The van der Waals surface area contributed by atoms with Gasteiger partial charge < -0.3 is 10.2 Å². The molecule has 2 rings (SSSR count). The number of halogens is 1. The maximum atomic E-state index is 3.55. The Morgan fingerprint density at radius 1 is 1.50 bits per heavy atom. The summed E-state index contributed by atoms with van der Waals surface area (Å²) in [5, 5.41) is 3.55. The molecule has 2 nitrogen and oxygen atoms in total. The van der Waals surface area contributed by atoms with Gasteiger partial charge in [-0.15, -0.1) is 0 Å². The summed E-state index contributed by atoms with van der Waals surface area (Å²) in [6.45, 7) is 5.55. The van der Waals surface area contributed by atoms with Crippen LogP contribution in [0.1, 0.15) is 19.8 Å². The van der Waals surface area contributed by atoms with E-state index in [1.807, 2.05) is 0 Å². The van der Waals surface area contributed by atoms with Crippen LogP contribution in [0.4, 0.5) is 5.69 Å². The molecule has 0 bridgehead atoms. The van der Waals surface area contributed by atoms with E-state index in [1.54, 1.807) is 0 Å². The Morgan fingerprint density at radius 2 is 2.38 bits per heavy atom. The van der Waals surface area contributed by atoms with Gasteiger partial charge in [-0.25, -0.2) is 0 Å². The first kappa shape index (κ1) is 11.9. The molecule has 0 aromatic heterocycles. The lowest BCUT2D eigenvalue weighted by atomic mass is 10.0. The lowest BCUT2D eigenvalue weighted by molar-refractivity contribution is 0.431. The molecule has 16 heavy (non-hydrogen) atoms. The fraction of sp³-hybridized carbons (Fsp3) is 0.538. The Hall–Kier alpha value is -0.540. The van der Waals surface area contributed by atoms with Gasteiger partial charge in [-0.05, 0) is 37.6 Å². The maximum Gasteiger partial charge on any atom is 0.0378 e. The number of hydrogen-bond acceptors (Lipinski definition) is 2. The van der Waals surface area contributed by atoms with Crippen molar-refractivity contribution in [3.05, 3.63) is 28.7 Å². The topological polar surface area (TPSA) is 15.3 Å². The Kier molecular flexibility index (Phi) is 4.24. The maximum absolute atomic E-state index is 3.55. The second kappa shape index (κ2) is 5.69. The van der Waals surface area contributed by atoms with Gasteiger partial charge >= 0.3 is 0 Å². The van der Waals surface area contributed by atoms with Crippen LogP contribution in [-0.4, -0.2) is 25.7 Å². The van der Waals surface area contributed by atoms with E-state index in [2.05, 4.69) is 57.3 Å². The van der Waals surface area contributed by atoms with Crippen molar-refractivity contribution < 1.29 is 0 Å². The van der Waals surface area contributed by atoms with E-state index >= 15 is 0 Å². The van der Waals surface area contributed by atoms with Crippen molar-refractivity contribution in [2.24, 2.45) is 0 Å². The molecule has 1 saturated heterocycles. The lowest BCUT2D eigenvalue weighted by Gasteiger charge is -2.34. The van der Waals surface area contributed by atoms with Gasteiger partial charge in [0.2, 0.25) is 0 Å². The molecule has 0 spiro atoms. The zero-order chi connectivity index (χ0) is 11.4. The van der Waals surface area contributed by atoms with Crippen LogP contribution in [0.25, 0.3) is 0 Å². The molecule has 1 N–H and O–H groups in total. The standard InChI is InChI=1S/C13H19BrN2/c1-2-15-12-6-4-8-16(10-12)13-7-3-5-11(14)9-13/h3,5,7,9,12,15H,2,4,6,8,10H2,1H3. The fourth-order valence-electron chi connectivity index (χ4n) is 2.34. The second-order valence-electron chi connectivity index (χ2n) is 4.32. The van der Waals surface area contributed by atoms with Crippen molar-refractivity contribution in [3.8, 4) is 0 Å². The van der Waals surface area contributed by atoms with Crippen molar-refractivity contribution in [3.63, 3.8) is 0 Å². The van der Waals surface area contributed by atoms with Crippen LogP contribution in [0, 0.1) is 0 Å². The number of likely N-dealkylation sites (N-methyl/N-ethyl adjacent to an activating group) is 1. The number of piperidine rings is 1. The molecule has 1 fully saturated rings. The van der Waals surface area contributed by atoms with Crippen LogP contribution < -0.4 is 10.2 Å². The normalized spacial score (nSPS) is 21.1. The summed E-state index contributed by atoms with van der Waals surface area (Å²) in [6, 6.07) is 9.23. The van der Waals surface area contributed by atoms with E-state index in [9.17, 15) is 0 Å². The van der Waals surface area contributed by atoms with Gasteiger partial charge in [0.15, 0.2) is 0 Å². The third kappa shape index (κ3) is 2.98. The minimum atomic E-state index is 0.651. The van der Waals surface area contributed by atoms with Crippen LogP contribution in [0.5, 0.6) is 0 Å². The highest BCUT2D eigenvalue weighted by Crippen LogP contribution is 2.23. The molecular formula is C13H19BrN2. The molecule has 1 heterocycles. The number of nitrogens with zero attached hydrogens (tertiary/aromatic N) is 1. The summed E-state index contributed by atoms with van der Waals surface area (Å²) < 4.78 is 1.16. The zero-order valence-corrected chi connectivity index (χ0v) is 11.3. The van der Waals surface area contributed by atoms with Gasteiger partial charge in [0.05, 0.1) is 0 Å². The summed E-state index contributed by atoms with van der Waals surface area (Å²) in [7, 11) is 0. The molecule has 1 aliphatic rings. The minimum absolute atomic E-state index is 0.651. The van der Waals surface area contributed by atoms with Gasteiger partial charge in [0, 0.05) is 29.3 Å². The molecular weight excluding hydrogens is 264 g/mol. The van der Waals surface area contributed by atoms with E-state index in [0.717, 1.165) is 17.6 Å². The average molecular weight is 283 g/mol. The molecule has 1 aromatic carbocycles. The Bertz CT molecular complexity index is 338. The molecule has 1 unspecified atom stereocenters. The first-order valence-corrected chi connectivity index (χ1v) is 6.83. The van der Waals surface area contributed by atoms with Gasteiger partial charge in [0.1, 0.15) is 0 Å². The van der Waals surface area contributed by atoms with Gasteiger partial charge in [-0.1, -0.05) is 28.9 Å². The minimum Gasteiger partial charge on any atom is -0.370 e. The molecule has 1 aliphatic heterocycles. The SMILES string of the molecule is CCNC1CCCN(c2cccc(Br)c2)C1. The van der Waals surface area contributed by atoms with Crippen LogP contribution in [0.2, 0.25) is 0 Å². The summed E-state index contributed by atoms with van der Waals surface area (Å²) in [4.78, 5) is 2.47. The molecule has 0 radical (unpaired) electrons. The third-order valence-corrected chi connectivity index (χ3v) is 3.58. The van der Waals surface area contributed by atoms with Crippen molar-refractivity contribution in [2.75, 3.05) is 24.5 Å². The second-order valence-corrected chi connectivity index (χ2v) is 5.24. The van der Waals surface area contributed by atoms with Crippen LogP contribution >= 0.6 is 15.9 Å². The molecule has 3 heteroatoms. The largest absolute Gasteiger partial charge is 0.370 e. The van der Waals surface area contributed by atoms with E-state index in [1.165, 1.54) is 25.1 Å². The summed E-state index contributed by atoms with van der Waals surface area (Å²) in [5.74, 6) is 0. The number of benzene rings is 1. The summed E-state index contributed by atoms with van der Waals surface area (Å²) >= 11 is 3.53. The lowest BCUT2D eigenvalue weighted by Crippen LogP contribution is -2.45. The van der Waals surface area contributed by atoms with E-state index in [0.29, 0.717) is 6.04 Å². The molecule has 0 aliphatic carbocycles. The highest BCUT2D eigenvalue weighted by atomic mass is 79.9. The number of nitrogens with one attached hydrogen (secondary N) is 1. The van der Waals surface area contributed by atoms with Crippen LogP contribution in [0.3, 0.4) is 0 Å². The van der Waals surface area contributed by atoms with Crippen molar-refractivity contribution in [1.82, 2.24) is 5.32 Å². The zero-order valence-electron chi connectivity index (χ0n) is 9.75. The number of rotatable bonds is 3. The van der Waals surface area contributed by atoms with E-state index in [4.69, 9.17) is 0 Å². The summed E-state index contributed by atoms with van der Waals surface area (Å²) in [5.41, 5.74) is 1.33. The van der Waals surface area contributed by atoms with E-state index in [-0.39, 0.29) is 0 Å². The Balaban J connectivity index is 2.03. The van der Waals surface area contributed by atoms with E-state index < -0.39 is 0 Å². The number of hydrogen-bond donors (Lipinski definition) is 1. The highest BCUT2D eigenvalue weighted by molar-refractivity contribution is 9.10. The molecule has 1 atom stereocenters. The van der Waals surface area contributed by atoms with Crippen molar-refractivity contribution in [2.45, 2.75) is 25.8 Å². The van der Waals surface area contributed by atoms with Crippen LogP contribution in [-0.2, 0) is 0 Å². The quantitative estimate of drug-likeness (QED) is 0.917. The first-order valence-electron chi connectivity index (χ1n) is 6.03. The molecule has 0 amide bonds. The van der Waals surface area contributed by atoms with Gasteiger partial charge in [-0.2, -0.15) is 0 Å². The van der Waals surface area contributed by atoms with Gasteiger partial charge in [-0.3, -0.25) is 0 Å². The monoisotopic (exact) mass is 282 g/mol. The molecule has 88 valence electrons. The van der Waals surface area contributed by atoms with Gasteiger partial charge in [0.25, 0.3) is 0 Å². The average Bonchev–Trinajstić information content (AvgIpc) is 2.30. The number of anilines is 1. The van der Waals surface area contributed by atoms with Crippen LogP contribution in [0.15, 0.2) is 28.7 Å². The van der Waals surface area contributed by atoms with Crippen molar-refractivity contribution in [1.29, 1.82) is 0 Å². The van der Waals surface area contributed by atoms with Crippen molar-refractivity contribution >= 4 is 21.6 Å². The Labute approximate surface area is 106 Å². The molecule has 1 aromatic rings. The smallest absolute Gasteiger partial charge is 0.0378 e.